The van der Waals surface area contributed by atoms with Gasteiger partial charge in [-0.3, -0.25) is 0 Å². The normalized spacial score (nSPS) is 10.8. The molecule has 1 heterocycles. The second kappa shape index (κ2) is 5.08. The standard InChI is InChI=1S/C15H13NO2Se/c1-18-12-7-8-14-13(9-12)15(17)16(19-14)10-11-5-3-2-4-6-11/h2-9H,10H2,1H3. The van der Waals surface area contributed by atoms with E-state index in [4.69, 9.17) is 4.74 Å². The first-order valence-corrected chi connectivity index (χ1v) is 7.62. The summed E-state index contributed by atoms with van der Waals surface area (Å²) in [6.07, 6.45) is 0. The van der Waals surface area contributed by atoms with Gasteiger partial charge in [0.1, 0.15) is 0 Å². The number of ether oxygens (including phenoxy) is 1. The van der Waals surface area contributed by atoms with Crippen LogP contribution in [-0.2, 0) is 6.54 Å². The van der Waals surface area contributed by atoms with Crippen molar-refractivity contribution in [1.82, 2.24) is 3.56 Å². The summed E-state index contributed by atoms with van der Waals surface area (Å²) in [5.74, 6) is 0.740. The summed E-state index contributed by atoms with van der Waals surface area (Å²) in [6.45, 7) is 0.677. The van der Waals surface area contributed by atoms with Gasteiger partial charge in [-0.2, -0.15) is 0 Å². The summed E-state index contributed by atoms with van der Waals surface area (Å²) < 4.78 is 8.23. The monoisotopic (exact) mass is 319 g/mol. The molecule has 0 aliphatic heterocycles. The van der Waals surface area contributed by atoms with Gasteiger partial charge in [-0.25, -0.2) is 0 Å². The Balaban J connectivity index is 2.05. The first-order valence-electron chi connectivity index (χ1n) is 6.00. The van der Waals surface area contributed by atoms with Gasteiger partial charge < -0.3 is 0 Å². The number of hydrogen-bond donors (Lipinski definition) is 0. The van der Waals surface area contributed by atoms with Crippen LogP contribution < -0.4 is 10.3 Å². The second-order valence-electron chi connectivity index (χ2n) is 4.28. The zero-order chi connectivity index (χ0) is 13.2. The fourth-order valence-electron chi connectivity index (χ4n) is 2.03. The molecule has 0 amide bonds. The molecule has 0 aliphatic rings. The molecule has 2 aromatic carbocycles. The third kappa shape index (κ3) is 2.37. The average Bonchev–Trinajstić information content (AvgIpc) is 2.76. The van der Waals surface area contributed by atoms with Gasteiger partial charge in [0.25, 0.3) is 0 Å². The molecule has 3 rings (SSSR count). The number of hydrogen-bond acceptors (Lipinski definition) is 2. The summed E-state index contributed by atoms with van der Waals surface area (Å²) in [6, 6.07) is 15.8. The minimum absolute atomic E-state index is 0.0640. The third-order valence-corrected chi connectivity index (χ3v) is 5.26. The average molecular weight is 318 g/mol. The van der Waals surface area contributed by atoms with Crippen LogP contribution in [0.15, 0.2) is 53.3 Å². The van der Waals surface area contributed by atoms with Crippen LogP contribution in [0.3, 0.4) is 0 Å². The van der Waals surface area contributed by atoms with Crippen LogP contribution in [0.4, 0.5) is 0 Å². The SMILES string of the molecule is COc1ccc2[se]n(Cc3ccccc3)c(=O)c2c1. The second-order valence-corrected chi connectivity index (χ2v) is 6.51. The van der Waals surface area contributed by atoms with E-state index in [0.29, 0.717) is 6.54 Å². The van der Waals surface area contributed by atoms with Crippen LogP contribution in [0.5, 0.6) is 5.75 Å². The van der Waals surface area contributed by atoms with Crippen LogP contribution >= 0.6 is 0 Å². The number of aromatic nitrogens is 1. The molecule has 19 heavy (non-hydrogen) atoms. The number of fused-ring (bicyclic) bond motifs is 1. The molecule has 96 valence electrons. The summed E-state index contributed by atoms with van der Waals surface area (Å²) in [5.41, 5.74) is 1.27. The molecule has 0 N–H and O–H groups in total. The minimum atomic E-state index is 0.0640. The maximum atomic E-state index is 12.4. The van der Waals surface area contributed by atoms with Crippen molar-refractivity contribution in [2.75, 3.05) is 7.11 Å². The van der Waals surface area contributed by atoms with E-state index in [9.17, 15) is 4.79 Å². The Morgan fingerprint density at radius 3 is 2.68 bits per heavy atom. The Labute approximate surface area is 117 Å². The molecule has 0 spiro atoms. The van der Waals surface area contributed by atoms with Gasteiger partial charge in [0.2, 0.25) is 0 Å². The summed E-state index contributed by atoms with van der Waals surface area (Å²) in [5, 5.41) is 0.787. The van der Waals surface area contributed by atoms with Crippen LogP contribution in [0, 0.1) is 0 Å². The van der Waals surface area contributed by atoms with Crippen molar-refractivity contribution in [2.45, 2.75) is 6.54 Å². The predicted octanol–water partition coefficient (Wildman–Crippen LogP) is 2.12. The summed E-state index contributed by atoms with van der Waals surface area (Å²) in [4.78, 5) is 12.4. The van der Waals surface area contributed by atoms with Gasteiger partial charge in [-0.05, 0) is 0 Å². The molecule has 0 aliphatic carbocycles. The van der Waals surface area contributed by atoms with Crippen molar-refractivity contribution >= 4 is 24.4 Å². The first kappa shape index (κ1) is 12.3. The van der Waals surface area contributed by atoms with Crippen LogP contribution in [0.1, 0.15) is 5.56 Å². The molecule has 3 aromatic rings. The van der Waals surface area contributed by atoms with E-state index in [1.54, 1.807) is 7.11 Å². The molecule has 0 saturated heterocycles. The number of benzene rings is 2. The van der Waals surface area contributed by atoms with Crippen LogP contribution in [0.25, 0.3) is 9.65 Å². The van der Waals surface area contributed by atoms with E-state index >= 15 is 0 Å². The van der Waals surface area contributed by atoms with E-state index in [-0.39, 0.29) is 20.3 Å². The van der Waals surface area contributed by atoms with Crippen molar-refractivity contribution in [3.63, 3.8) is 0 Å². The van der Waals surface area contributed by atoms with E-state index in [2.05, 4.69) is 0 Å². The van der Waals surface area contributed by atoms with Gasteiger partial charge in [-0.15, -0.1) is 0 Å². The van der Waals surface area contributed by atoms with Crippen LogP contribution in [0.2, 0.25) is 0 Å². The molecule has 0 radical (unpaired) electrons. The van der Waals surface area contributed by atoms with Gasteiger partial charge in [0, 0.05) is 0 Å². The van der Waals surface area contributed by atoms with Crippen molar-refractivity contribution in [2.24, 2.45) is 0 Å². The molecule has 0 saturated carbocycles. The Bertz CT molecular complexity index is 759. The van der Waals surface area contributed by atoms with Crippen LogP contribution in [-0.4, -0.2) is 25.4 Å². The molecule has 0 unspecified atom stereocenters. The quantitative estimate of drug-likeness (QED) is 0.693. The fourth-order valence-corrected chi connectivity index (χ4v) is 4.14. The number of nitrogens with zero attached hydrogens (tertiary/aromatic N) is 1. The molecule has 0 fully saturated rings. The molecular weight excluding hydrogens is 305 g/mol. The summed E-state index contributed by atoms with van der Waals surface area (Å²) in [7, 11) is 1.62. The molecule has 0 bridgehead atoms. The van der Waals surface area contributed by atoms with Crippen molar-refractivity contribution in [3.05, 3.63) is 64.4 Å². The van der Waals surface area contributed by atoms with E-state index < -0.39 is 0 Å². The van der Waals surface area contributed by atoms with Gasteiger partial charge >= 0.3 is 117 Å². The van der Waals surface area contributed by atoms with Gasteiger partial charge in [0.15, 0.2) is 0 Å². The fraction of sp³-hybridized carbons (Fsp3) is 0.133. The molecule has 4 heteroatoms. The maximum absolute atomic E-state index is 12.4. The predicted molar refractivity (Wildman–Crippen MR) is 77.2 cm³/mol. The first-order chi connectivity index (χ1) is 9.28. The zero-order valence-corrected chi connectivity index (χ0v) is 12.2. The topological polar surface area (TPSA) is 31.2 Å². The zero-order valence-electron chi connectivity index (χ0n) is 10.5. The van der Waals surface area contributed by atoms with Crippen molar-refractivity contribution in [1.29, 1.82) is 0 Å². The summed E-state index contributed by atoms with van der Waals surface area (Å²) >= 11 is 0.0640. The third-order valence-electron chi connectivity index (χ3n) is 3.02. The van der Waals surface area contributed by atoms with Crippen molar-refractivity contribution in [3.8, 4) is 5.75 Å². The molecule has 1 aromatic heterocycles. The number of rotatable bonds is 3. The Morgan fingerprint density at radius 1 is 1.16 bits per heavy atom. The Kier molecular flexibility index (Phi) is 3.28. The van der Waals surface area contributed by atoms with Gasteiger partial charge in [0.05, 0.1) is 0 Å². The van der Waals surface area contributed by atoms with E-state index in [1.165, 1.54) is 0 Å². The molecule has 3 nitrogen and oxygen atoms in total. The Hall–Kier alpha value is -1.77. The number of methoxy groups -OCH3 is 1. The molecule has 0 atom stereocenters. The van der Waals surface area contributed by atoms with E-state index in [1.807, 2.05) is 52.1 Å². The van der Waals surface area contributed by atoms with Crippen molar-refractivity contribution < 1.29 is 4.74 Å². The van der Waals surface area contributed by atoms with E-state index in [0.717, 1.165) is 21.0 Å². The molecular formula is C15H13NO2Se. The van der Waals surface area contributed by atoms with Gasteiger partial charge in [-0.1, -0.05) is 0 Å². The Morgan fingerprint density at radius 2 is 1.95 bits per heavy atom.